The minimum Gasteiger partial charge on any atom is -0.335 e. The lowest BCUT2D eigenvalue weighted by Crippen LogP contribution is -2.46. The molecule has 0 spiro atoms. The fourth-order valence-corrected chi connectivity index (χ4v) is 5.35. The predicted octanol–water partition coefficient (Wildman–Crippen LogP) is 5.77. The second kappa shape index (κ2) is 11.2. The Morgan fingerprint density at radius 3 is 2.39 bits per heavy atom. The lowest BCUT2D eigenvalue weighted by molar-refractivity contribution is -0.140. The summed E-state index contributed by atoms with van der Waals surface area (Å²) in [5.41, 5.74) is 8.40. The molecule has 0 saturated heterocycles. The second-order valence-corrected chi connectivity index (χ2v) is 9.97. The molecular weight excluding hydrogens is 434 g/mol. The van der Waals surface area contributed by atoms with Crippen molar-refractivity contribution in [3.63, 3.8) is 0 Å². The van der Waals surface area contributed by atoms with E-state index in [1.165, 1.54) is 6.42 Å². The van der Waals surface area contributed by atoms with Crippen LogP contribution in [0.25, 0.3) is 0 Å². The van der Waals surface area contributed by atoms with Crippen LogP contribution in [0.3, 0.4) is 0 Å². The van der Waals surface area contributed by atoms with E-state index in [0.717, 1.165) is 56.9 Å². The van der Waals surface area contributed by atoms with Crippen molar-refractivity contribution in [1.82, 2.24) is 4.90 Å². The fraction of sp³-hybridized carbons (Fsp3) is 0.481. The van der Waals surface area contributed by atoms with Gasteiger partial charge in [-0.15, -0.1) is 0 Å². The molecule has 0 atom stereocenters. The Hall–Kier alpha value is -2.37. The normalized spacial score (nSPS) is 21.4. The molecule has 0 aromatic heterocycles. The molecule has 33 heavy (non-hydrogen) atoms. The minimum absolute atomic E-state index is 0.139. The first kappa shape index (κ1) is 23.8. The Morgan fingerprint density at radius 2 is 1.67 bits per heavy atom. The van der Waals surface area contributed by atoms with Crippen LogP contribution < -0.4 is 11.1 Å². The number of rotatable bonds is 6. The van der Waals surface area contributed by atoms with Gasteiger partial charge in [0.1, 0.15) is 0 Å². The SMILES string of the molecule is NC1CCC(N(Cc2cccc(NC(=O)c3cccc(Cl)c3)c2)C(=O)C2CCCCC2)CC1. The number of nitrogens with zero attached hydrogens (tertiary/aromatic N) is 1. The zero-order chi connectivity index (χ0) is 23.2. The average molecular weight is 468 g/mol. The van der Waals surface area contributed by atoms with Crippen LogP contribution in [0.5, 0.6) is 0 Å². The van der Waals surface area contributed by atoms with Gasteiger partial charge in [-0.3, -0.25) is 9.59 Å². The van der Waals surface area contributed by atoms with Gasteiger partial charge in [0.25, 0.3) is 5.91 Å². The molecule has 0 heterocycles. The lowest BCUT2D eigenvalue weighted by Gasteiger charge is -2.39. The van der Waals surface area contributed by atoms with Gasteiger partial charge in [-0.1, -0.05) is 49.1 Å². The van der Waals surface area contributed by atoms with Crippen LogP contribution >= 0.6 is 11.6 Å². The van der Waals surface area contributed by atoms with E-state index in [2.05, 4.69) is 10.2 Å². The molecule has 0 aliphatic heterocycles. The van der Waals surface area contributed by atoms with Gasteiger partial charge in [-0.05, 0) is 74.4 Å². The molecule has 176 valence electrons. The molecule has 2 saturated carbocycles. The van der Waals surface area contributed by atoms with Crippen molar-refractivity contribution in [3.05, 3.63) is 64.7 Å². The Bertz CT molecular complexity index is 965. The molecule has 3 N–H and O–H groups in total. The van der Waals surface area contributed by atoms with Gasteiger partial charge in [0, 0.05) is 40.8 Å². The zero-order valence-electron chi connectivity index (χ0n) is 19.1. The number of nitrogens with two attached hydrogens (primary N) is 1. The number of hydrogen-bond acceptors (Lipinski definition) is 3. The summed E-state index contributed by atoms with van der Waals surface area (Å²) in [6.45, 7) is 0.566. The van der Waals surface area contributed by atoms with Crippen LogP contribution in [0.4, 0.5) is 5.69 Å². The Balaban J connectivity index is 1.49. The highest BCUT2D eigenvalue weighted by atomic mass is 35.5. The Morgan fingerprint density at radius 1 is 0.939 bits per heavy atom. The molecule has 2 aliphatic carbocycles. The third-order valence-electron chi connectivity index (χ3n) is 7.04. The lowest BCUT2D eigenvalue weighted by atomic mass is 9.85. The summed E-state index contributed by atoms with van der Waals surface area (Å²) in [6.07, 6.45) is 9.37. The van der Waals surface area contributed by atoms with E-state index in [4.69, 9.17) is 17.3 Å². The zero-order valence-corrected chi connectivity index (χ0v) is 19.9. The van der Waals surface area contributed by atoms with Crippen LogP contribution in [0.15, 0.2) is 48.5 Å². The summed E-state index contributed by atoms with van der Waals surface area (Å²) >= 11 is 6.03. The van der Waals surface area contributed by atoms with Crippen molar-refractivity contribution in [3.8, 4) is 0 Å². The minimum atomic E-state index is -0.203. The van der Waals surface area contributed by atoms with Crippen molar-refractivity contribution in [2.75, 3.05) is 5.32 Å². The molecule has 0 bridgehead atoms. The van der Waals surface area contributed by atoms with Gasteiger partial charge in [0.05, 0.1) is 0 Å². The number of benzene rings is 2. The van der Waals surface area contributed by atoms with Gasteiger partial charge in [-0.2, -0.15) is 0 Å². The molecule has 2 aliphatic rings. The van der Waals surface area contributed by atoms with Crippen LogP contribution in [0.1, 0.15) is 73.7 Å². The maximum atomic E-state index is 13.6. The third kappa shape index (κ3) is 6.36. The average Bonchev–Trinajstić information content (AvgIpc) is 2.83. The molecule has 6 heteroatoms. The van der Waals surface area contributed by atoms with Gasteiger partial charge < -0.3 is 16.0 Å². The van der Waals surface area contributed by atoms with Crippen molar-refractivity contribution in [1.29, 1.82) is 0 Å². The summed E-state index contributed by atoms with van der Waals surface area (Å²) in [5, 5.41) is 3.49. The topological polar surface area (TPSA) is 75.4 Å². The number of carbonyl (C=O) groups excluding carboxylic acids is 2. The number of hydrogen-bond donors (Lipinski definition) is 2. The van der Waals surface area contributed by atoms with Crippen molar-refractivity contribution in [2.45, 2.75) is 76.4 Å². The molecule has 2 aromatic rings. The smallest absolute Gasteiger partial charge is 0.255 e. The molecule has 2 aromatic carbocycles. The van der Waals surface area contributed by atoms with Crippen LogP contribution in [-0.2, 0) is 11.3 Å². The first-order valence-electron chi connectivity index (χ1n) is 12.2. The van der Waals surface area contributed by atoms with Gasteiger partial charge in [0.2, 0.25) is 5.91 Å². The van der Waals surface area contributed by atoms with Crippen molar-refractivity contribution in [2.24, 2.45) is 11.7 Å². The highest BCUT2D eigenvalue weighted by Crippen LogP contribution is 2.31. The summed E-state index contributed by atoms with van der Waals surface area (Å²) in [7, 11) is 0. The number of carbonyl (C=O) groups is 2. The first-order valence-corrected chi connectivity index (χ1v) is 12.6. The van der Waals surface area contributed by atoms with Crippen molar-refractivity contribution < 1.29 is 9.59 Å². The van der Waals surface area contributed by atoms with Crippen molar-refractivity contribution >= 4 is 29.1 Å². The molecule has 0 radical (unpaired) electrons. The van der Waals surface area contributed by atoms with E-state index < -0.39 is 0 Å². The summed E-state index contributed by atoms with van der Waals surface area (Å²) in [6, 6.07) is 15.2. The van der Waals surface area contributed by atoms with Crippen LogP contribution in [0, 0.1) is 5.92 Å². The largest absolute Gasteiger partial charge is 0.335 e. The van der Waals surface area contributed by atoms with E-state index in [1.54, 1.807) is 24.3 Å². The fourth-order valence-electron chi connectivity index (χ4n) is 5.16. The van der Waals surface area contributed by atoms with Gasteiger partial charge >= 0.3 is 0 Å². The standard InChI is InChI=1S/C27H34ClN3O2/c28-22-10-5-9-21(17-22)26(32)30-24-11-4-6-19(16-24)18-31(25-14-12-23(29)13-15-25)27(33)20-7-2-1-3-8-20/h4-6,9-11,16-17,20,23,25H,1-3,7-8,12-15,18,29H2,(H,30,32). The number of nitrogens with one attached hydrogen (secondary N) is 1. The van der Waals surface area contributed by atoms with Crippen LogP contribution in [0.2, 0.25) is 5.02 Å². The molecule has 0 unspecified atom stereocenters. The highest BCUT2D eigenvalue weighted by molar-refractivity contribution is 6.31. The number of halogens is 1. The number of amides is 2. The molecule has 4 rings (SSSR count). The first-order chi connectivity index (χ1) is 16.0. The summed E-state index contributed by atoms with van der Waals surface area (Å²) < 4.78 is 0. The predicted molar refractivity (Wildman–Crippen MR) is 133 cm³/mol. The van der Waals surface area contributed by atoms with Gasteiger partial charge in [0.15, 0.2) is 0 Å². The van der Waals surface area contributed by atoms with E-state index in [-0.39, 0.29) is 23.9 Å². The molecular formula is C27H34ClN3O2. The number of anilines is 1. The summed E-state index contributed by atoms with van der Waals surface area (Å²) in [4.78, 5) is 28.3. The second-order valence-electron chi connectivity index (χ2n) is 9.53. The maximum absolute atomic E-state index is 13.6. The monoisotopic (exact) mass is 467 g/mol. The molecule has 5 nitrogen and oxygen atoms in total. The van der Waals surface area contributed by atoms with Gasteiger partial charge in [-0.25, -0.2) is 0 Å². The molecule has 2 fully saturated rings. The summed E-state index contributed by atoms with van der Waals surface area (Å²) in [5.74, 6) is 0.231. The third-order valence-corrected chi connectivity index (χ3v) is 7.28. The molecule has 2 amide bonds. The maximum Gasteiger partial charge on any atom is 0.255 e. The quantitative estimate of drug-likeness (QED) is 0.566. The Labute approximate surface area is 201 Å². The Kier molecular flexibility index (Phi) is 8.05. The van der Waals surface area contributed by atoms with E-state index in [9.17, 15) is 9.59 Å². The van der Waals surface area contributed by atoms with E-state index in [0.29, 0.717) is 28.7 Å². The van der Waals surface area contributed by atoms with Crippen LogP contribution in [-0.4, -0.2) is 28.8 Å². The van der Waals surface area contributed by atoms with E-state index in [1.807, 2.05) is 24.3 Å². The highest BCUT2D eigenvalue weighted by Gasteiger charge is 2.32. The van der Waals surface area contributed by atoms with E-state index >= 15 is 0 Å².